The minimum atomic E-state index is -3.65. The number of halogens is 2. The molecular formula is C26H32Cl2N2O6S. The van der Waals surface area contributed by atoms with Gasteiger partial charge in [0.05, 0.1) is 28.0 Å². The minimum absolute atomic E-state index is 0.0725. The number of fused-ring (bicyclic) bond motifs is 1. The van der Waals surface area contributed by atoms with E-state index in [4.69, 9.17) is 27.9 Å². The van der Waals surface area contributed by atoms with Crippen molar-refractivity contribution in [3.05, 3.63) is 62.6 Å². The molecule has 0 saturated carbocycles. The molecule has 0 bridgehead atoms. The fourth-order valence-corrected chi connectivity index (χ4v) is 5.62. The first-order chi connectivity index (χ1) is 17.1. The first kappa shape index (κ1) is 29.1. The van der Waals surface area contributed by atoms with Crippen molar-refractivity contribution in [1.29, 1.82) is 0 Å². The highest BCUT2D eigenvalue weighted by Crippen LogP contribution is 2.47. The highest BCUT2D eigenvalue weighted by molar-refractivity contribution is 7.92. The summed E-state index contributed by atoms with van der Waals surface area (Å²) in [7, 11) is -2.02. The third kappa shape index (κ3) is 7.30. The van der Waals surface area contributed by atoms with Gasteiger partial charge in [-0.2, -0.15) is 0 Å². The summed E-state index contributed by atoms with van der Waals surface area (Å²) in [6, 6.07) is 8.43. The van der Waals surface area contributed by atoms with Crippen LogP contribution < -0.4 is 4.72 Å². The summed E-state index contributed by atoms with van der Waals surface area (Å²) >= 11 is 12.5. The molecule has 0 spiro atoms. The van der Waals surface area contributed by atoms with Gasteiger partial charge in [-0.25, -0.2) is 13.2 Å². The summed E-state index contributed by atoms with van der Waals surface area (Å²) in [5.74, 6) is -1.14. The maximum Gasteiger partial charge on any atom is 0.410 e. The molecule has 11 heteroatoms. The van der Waals surface area contributed by atoms with E-state index in [1.54, 1.807) is 46.0 Å². The molecule has 0 aromatic heterocycles. The van der Waals surface area contributed by atoms with Gasteiger partial charge in [0.25, 0.3) is 0 Å². The number of sulfonamides is 1. The Kier molecular flexibility index (Phi) is 8.71. The minimum Gasteiger partial charge on any atom is -0.481 e. The van der Waals surface area contributed by atoms with E-state index in [1.807, 2.05) is 12.1 Å². The summed E-state index contributed by atoms with van der Waals surface area (Å²) < 4.78 is 32.4. The number of carbonyl (C=O) groups is 2. The van der Waals surface area contributed by atoms with Gasteiger partial charge in [0, 0.05) is 19.4 Å². The van der Waals surface area contributed by atoms with E-state index in [-0.39, 0.29) is 18.8 Å². The van der Waals surface area contributed by atoms with E-state index >= 15 is 0 Å². The van der Waals surface area contributed by atoms with Crippen LogP contribution in [0.3, 0.4) is 0 Å². The Morgan fingerprint density at radius 2 is 1.81 bits per heavy atom. The number of hydrogen-bond acceptors (Lipinski definition) is 5. The molecular weight excluding hydrogens is 539 g/mol. The predicted octanol–water partition coefficient (Wildman–Crippen LogP) is 6.22. The molecule has 0 heterocycles. The van der Waals surface area contributed by atoms with Crippen molar-refractivity contribution in [2.45, 2.75) is 64.0 Å². The fourth-order valence-electron chi connectivity index (χ4n) is 4.72. The van der Waals surface area contributed by atoms with Crippen LogP contribution in [0.4, 0.5) is 10.5 Å². The molecule has 2 aromatic rings. The summed E-state index contributed by atoms with van der Waals surface area (Å²) in [4.78, 5) is 26.1. The number of carboxylic acid groups (broad SMARTS) is 1. The first-order valence-corrected chi connectivity index (χ1v) is 14.5. The van der Waals surface area contributed by atoms with Gasteiger partial charge in [0.2, 0.25) is 10.0 Å². The SMILES string of the molecule is CN(C(=O)OC(C)(C)C)[C@H]1CC[C@@H](c2ccc(Cl)c(Cl)c2)c2ccc(NS(C)(=O)=O)c(CCC(=O)O)c21. The maximum absolute atomic E-state index is 13.1. The van der Waals surface area contributed by atoms with Crippen molar-refractivity contribution in [2.24, 2.45) is 0 Å². The number of carbonyl (C=O) groups excluding carboxylic acids is 1. The Morgan fingerprint density at radius 3 is 2.38 bits per heavy atom. The molecule has 1 aliphatic carbocycles. The second-order valence-electron chi connectivity index (χ2n) is 10.3. The van der Waals surface area contributed by atoms with Crippen LogP contribution >= 0.6 is 23.2 Å². The predicted molar refractivity (Wildman–Crippen MR) is 145 cm³/mol. The summed E-state index contributed by atoms with van der Waals surface area (Å²) in [5, 5.41) is 10.3. The number of ether oxygens (including phenoxy) is 1. The highest BCUT2D eigenvalue weighted by atomic mass is 35.5. The van der Waals surface area contributed by atoms with Gasteiger partial charge in [0.1, 0.15) is 5.60 Å². The summed E-state index contributed by atoms with van der Waals surface area (Å²) in [6.45, 7) is 5.33. The second-order valence-corrected chi connectivity index (χ2v) is 12.8. The van der Waals surface area contributed by atoms with E-state index in [0.717, 1.165) is 17.4 Å². The van der Waals surface area contributed by atoms with Gasteiger partial charge < -0.3 is 14.7 Å². The van der Waals surface area contributed by atoms with Crippen LogP contribution in [-0.2, 0) is 26.0 Å². The Bertz CT molecular complexity index is 1310. The number of anilines is 1. The number of amides is 1. The number of benzene rings is 2. The van der Waals surface area contributed by atoms with Gasteiger partial charge in [-0.05, 0) is 80.5 Å². The standard InChI is InChI=1S/C26H32Cl2N2O6S/c1-26(2,3)36-25(33)30(4)22-12-8-16(15-6-10-19(27)20(28)14-15)17-7-11-21(29-37(5,34)35)18(24(17)22)9-13-23(31)32/h6-7,10-11,14,16,22,29H,8-9,12-13H2,1-5H3,(H,31,32)/t16-,22-/m0/s1. The molecule has 8 nitrogen and oxygen atoms in total. The molecule has 0 fully saturated rings. The van der Waals surface area contributed by atoms with Crippen LogP contribution in [0.2, 0.25) is 10.0 Å². The average Bonchev–Trinajstić information content (AvgIpc) is 2.76. The van der Waals surface area contributed by atoms with E-state index in [0.29, 0.717) is 39.7 Å². The molecule has 0 radical (unpaired) electrons. The normalized spacial score (nSPS) is 17.6. The third-order valence-electron chi connectivity index (χ3n) is 6.21. The topological polar surface area (TPSA) is 113 Å². The molecule has 0 unspecified atom stereocenters. The number of rotatable bonds is 7. The van der Waals surface area contributed by atoms with Crippen LogP contribution in [0, 0.1) is 0 Å². The smallest absolute Gasteiger partial charge is 0.410 e. The average molecular weight is 572 g/mol. The lowest BCUT2D eigenvalue weighted by Gasteiger charge is -2.39. The van der Waals surface area contributed by atoms with Crippen LogP contribution in [0.1, 0.15) is 74.2 Å². The summed E-state index contributed by atoms with van der Waals surface area (Å²) in [5.41, 5.74) is 2.62. The van der Waals surface area contributed by atoms with Crippen LogP contribution in [0.15, 0.2) is 30.3 Å². The molecule has 37 heavy (non-hydrogen) atoms. The summed E-state index contributed by atoms with van der Waals surface area (Å²) in [6.07, 6.45) is 1.58. The van der Waals surface area contributed by atoms with Crippen molar-refractivity contribution in [2.75, 3.05) is 18.0 Å². The second kappa shape index (κ2) is 11.1. The van der Waals surface area contributed by atoms with Crippen molar-refractivity contribution in [3.8, 4) is 0 Å². The van der Waals surface area contributed by atoms with Gasteiger partial charge in [-0.15, -0.1) is 0 Å². The van der Waals surface area contributed by atoms with Crippen LogP contribution in [0.5, 0.6) is 0 Å². The lowest BCUT2D eigenvalue weighted by Crippen LogP contribution is -2.39. The molecule has 2 N–H and O–H groups in total. The largest absolute Gasteiger partial charge is 0.481 e. The zero-order valence-electron chi connectivity index (χ0n) is 21.5. The van der Waals surface area contributed by atoms with E-state index in [1.165, 1.54) is 4.90 Å². The lowest BCUT2D eigenvalue weighted by atomic mass is 9.74. The number of aliphatic carboxylic acids is 1. The van der Waals surface area contributed by atoms with Gasteiger partial charge in [-0.1, -0.05) is 35.3 Å². The number of nitrogens with one attached hydrogen (secondary N) is 1. The van der Waals surface area contributed by atoms with Crippen LogP contribution in [-0.4, -0.2) is 49.4 Å². The van der Waals surface area contributed by atoms with E-state index < -0.39 is 33.7 Å². The molecule has 3 rings (SSSR count). The van der Waals surface area contributed by atoms with Crippen molar-refractivity contribution >= 4 is 51.0 Å². The number of hydrogen-bond donors (Lipinski definition) is 2. The number of nitrogens with zero attached hydrogens (tertiary/aromatic N) is 1. The molecule has 1 amide bonds. The Hall–Kier alpha value is -2.49. The molecule has 2 atom stereocenters. The quantitative estimate of drug-likeness (QED) is 0.408. The molecule has 0 aliphatic heterocycles. The highest BCUT2D eigenvalue weighted by Gasteiger charge is 2.36. The molecule has 2 aromatic carbocycles. The maximum atomic E-state index is 13.1. The van der Waals surface area contributed by atoms with Gasteiger partial charge in [-0.3, -0.25) is 9.52 Å². The molecule has 202 valence electrons. The van der Waals surface area contributed by atoms with Crippen molar-refractivity contribution in [3.63, 3.8) is 0 Å². The Labute approximate surface area is 227 Å². The van der Waals surface area contributed by atoms with Crippen molar-refractivity contribution in [1.82, 2.24) is 4.90 Å². The first-order valence-electron chi connectivity index (χ1n) is 11.8. The van der Waals surface area contributed by atoms with Crippen LogP contribution in [0.25, 0.3) is 0 Å². The Balaban J connectivity index is 2.23. The fraction of sp³-hybridized carbons (Fsp3) is 0.462. The third-order valence-corrected chi connectivity index (χ3v) is 7.54. The monoisotopic (exact) mass is 570 g/mol. The van der Waals surface area contributed by atoms with E-state index in [9.17, 15) is 23.1 Å². The zero-order chi connectivity index (χ0) is 27.7. The lowest BCUT2D eigenvalue weighted by molar-refractivity contribution is -0.136. The molecule has 0 saturated heterocycles. The molecule has 1 aliphatic rings. The number of carboxylic acids is 1. The van der Waals surface area contributed by atoms with Gasteiger partial charge >= 0.3 is 12.1 Å². The van der Waals surface area contributed by atoms with E-state index in [2.05, 4.69) is 4.72 Å². The van der Waals surface area contributed by atoms with Crippen molar-refractivity contribution < 1.29 is 27.9 Å². The Morgan fingerprint density at radius 1 is 1.14 bits per heavy atom. The zero-order valence-corrected chi connectivity index (χ0v) is 23.8. The van der Waals surface area contributed by atoms with Gasteiger partial charge in [0.15, 0.2) is 0 Å².